The number of piperidine rings is 1. The third kappa shape index (κ3) is 4.94. The van der Waals surface area contributed by atoms with Gasteiger partial charge in [0.05, 0.1) is 18.8 Å². The highest BCUT2D eigenvalue weighted by Gasteiger charge is 2.39. The molecule has 2 aliphatic rings. The van der Waals surface area contributed by atoms with Crippen LogP contribution in [0.25, 0.3) is 11.5 Å². The lowest BCUT2D eigenvalue weighted by Gasteiger charge is -2.32. The summed E-state index contributed by atoms with van der Waals surface area (Å²) < 4.78 is 22.4. The number of nitrogens with one attached hydrogen (secondary N) is 1. The number of methoxy groups -OCH3 is 1. The zero-order chi connectivity index (χ0) is 25.2. The molecule has 2 aromatic heterocycles. The van der Waals surface area contributed by atoms with E-state index >= 15 is 0 Å². The lowest BCUT2D eigenvalue weighted by molar-refractivity contribution is 0.0912. The van der Waals surface area contributed by atoms with Crippen molar-refractivity contribution in [3.05, 3.63) is 58.2 Å². The summed E-state index contributed by atoms with van der Waals surface area (Å²) in [5.41, 5.74) is 2.17. The Morgan fingerprint density at radius 3 is 2.81 bits per heavy atom. The van der Waals surface area contributed by atoms with Gasteiger partial charge >= 0.3 is 6.09 Å². The second kappa shape index (κ2) is 10.1. The molecule has 5 rings (SSSR count). The van der Waals surface area contributed by atoms with Crippen LogP contribution in [0.5, 0.6) is 11.6 Å². The van der Waals surface area contributed by atoms with Gasteiger partial charge in [0.2, 0.25) is 5.88 Å². The molecule has 2 amide bonds. The van der Waals surface area contributed by atoms with Gasteiger partial charge in [-0.1, -0.05) is 28.9 Å². The van der Waals surface area contributed by atoms with Crippen LogP contribution in [0.4, 0.5) is 4.79 Å². The highest BCUT2D eigenvalue weighted by Crippen LogP contribution is 2.36. The molecule has 36 heavy (non-hydrogen) atoms. The van der Waals surface area contributed by atoms with Crippen LogP contribution in [-0.2, 0) is 11.3 Å². The average Bonchev–Trinajstić information content (AvgIpc) is 3.48. The minimum Gasteiger partial charge on any atom is -0.488 e. The fourth-order valence-electron chi connectivity index (χ4n) is 4.37. The summed E-state index contributed by atoms with van der Waals surface area (Å²) in [5, 5.41) is 7.46. The van der Waals surface area contributed by atoms with Crippen LogP contribution in [0.1, 0.15) is 34.5 Å². The summed E-state index contributed by atoms with van der Waals surface area (Å²) in [6.07, 6.45) is 0.723. The number of ether oxygens (including phenoxy) is 3. The smallest absolute Gasteiger partial charge is 0.410 e. The fraction of sp³-hybridized carbons (Fsp3) is 0.360. The molecule has 3 aromatic rings. The summed E-state index contributed by atoms with van der Waals surface area (Å²) in [7, 11) is 1.45. The van der Waals surface area contributed by atoms with E-state index in [2.05, 4.69) is 15.5 Å². The van der Waals surface area contributed by atoms with Gasteiger partial charge in [0, 0.05) is 43.1 Å². The molecular formula is C25H25ClN4O6. The number of amides is 2. The van der Waals surface area contributed by atoms with Gasteiger partial charge < -0.3 is 29.0 Å². The van der Waals surface area contributed by atoms with Crippen molar-refractivity contribution in [3.63, 3.8) is 0 Å². The molecule has 188 valence electrons. The summed E-state index contributed by atoms with van der Waals surface area (Å²) >= 11 is 5.95. The third-order valence-electron chi connectivity index (χ3n) is 6.21. The number of hydrogen-bond donors (Lipinski definition) is 1. The summed E-state index contributed by atoms with van der Waals surface area (Å²) in [4.78, 5) is 31.3. The number of rotatable bonds is 7. The fourth-order valence-corrected chi connectivity index (χ4v) is 4.49. The number of fused-ring (bicyclic) bond motifs is 1. The first-order chi connectivity index (χ1) is 17.4. The van der Waals surface area contributed by atoms with Gasteiger partial charge in [0.15, 0.2) is 11.5 Å². The first-order valence-electron chi connectivity index (χ1n) is 11.6. The highest BCUT2D eigenvalue weighted by atomic mass is 35.5. The number of halogens is 1. The van der Waals surface area contributed by atoms with E-state index in [0.717, 1.165) is 5.56 Å². The van der Waals surface area contributed by atoms with E-state index in [9.17, 15) is 9.59 Å². The van der Waals surface area contributed by atoms with E-state index in [1.165, 1.54) is 7.11 Å². The zero-order valence-electron chi connectivity index (χ0n) is 19.8. The molecule has 2 atom stereocenters. The van der Waals surface area contributed by atoms with Gasteiger partial charge in [-0.15, -0.1) is 0 Å². The van der Waals surface area contributed by atoms with Gasteiger partial charge in [-0.05, 0) is 24.6 Å². The Morgan fingerprint density at radius 1 is 1.28 bits per heavy atom. The van der Waals surface area contributed by atoms with Gasteiger partial charge in [-0.3, -0.25) is 4.79 Å². The van der Waals surface area contributed by atoms with Crippen molar-refractivity contribution in [2.75, 3.05) is 20.3 Å². The lowest BCUT2D eigenvalue weighted by Crippen LogP contribution is -2.44. The number of nitrogens with zero attached hydrogens (tertiary/aromatic N) is 3. The highest BCUT2D eigenvalue weighted by molar-refractivity contribution is 6.30. The largest absolute Gasteiger partial charge is 0.488 e. The van der Waals surface area contributed by atoms with Gasteiger partial charge in [-0.25, -0.2) is 9.78 Å². The Hall–Kier alpha value is -3.79. The molecule has 0 radical (unpaired) electrons. The van der Waals surface area contributed by atoms with Gasteiger partial charge in [-0.2, -0.15) is 0 Å². The maximum Gasteiger partial charge on any atom is 0.410 e. The minimum atomic E-state index is -0.371. The van der Waals surface area contributed by atoms with E-state index in [-0.39, 0.29) is 35.6 Å². The van der Waals surface area contributed by atoms with E-state index in [4.69, 9.17) is 30.3 Å². The summed E-state index contributed by atoms with van der Waals surface area (Å²) in [5.74, 6) is 0.520. The quantitative estimate of drug-likeness (QED) is 0.505. The monoisotopic (exact) mass is 512 g/mol. The molecule has 1 aromatic carbocycles. The van der Waals surface area contributed by atoms with Gasteiger partial charge in [0.25, 0.3) is 5.91 Å². The van der Waals surface area contributed by atoms with Crippen molar-refractivity contribution in [3.8, 4) is 23.1 Å². The molecule has 4 heterocycles. The zero-order valence-corrected chi connectivity index (χ0v) is 20.6. The van der Waals surface area contributed by atoms with Crippen LogP contribution in [-0.4, -0.2) is 59.4 Å². The average molecular weight is 513 g/mol. The Kier molecular flexibility index (Phi) is 6.69. The number of carbonyl (C=O) groups excluding carboxylic acids is 2. The number of aryl methyl sites for hydroxylation is 1. The second-order valence-electron chi connectivity index (χ2n) is 8.72. The molecule has 1 N–H and O–H groups in total. The van der Waals surface area contributed by atoms with Crippen LogP contribution in [0.2, 0.25) is 5.02 Å². The molecule has 0 aliphatic carbocycles. The molecule has 0 unspecified atom stereocenters. The first-order valence-corrected chi connectivity index (χ1v) is 11.9. The molecular weight excluding hydrogens is 488 g/mol. The molecule has 0 saturated carbocycles. The number of pyridine rings is 1. The van der Waals surface area contributed by atoms with Crippen molar-refractivity contribution < 1.29 is 28.3 Å². The molecule has 0 bridgehead atoms. The van der Waals surface area contributed by atoms with Crippen molar-refractivity contribution in [2.24, 2.45) is 0 Å². The Balaban J connectivity index is 1.42. The summed E-state index contributed by atoms with van der Waals surface area (Å²) in [6, 6.07) is 10.5. The topological polar surface area (TPSA) is 116 Å². The second-order valence-corrected chi connectivity index (χ2v) is 9.16. The third-order valence-corrected chi connectivity index (χ3v) is 6.47. The SMILES string of the molecule is COc1nc(-c2cc(C)no2)c(O[C@H]2CCN3C(=O)OC[C@@H]3C2)cc1C(=O)NCc1ccc(Cl)cc1. The maximum absolute atomic E-state index is 13.1. The molecule has 10 nitrogen and oxygen atoms in total. The van der Waals surface area contributed by atoms with Crippen molar-refractivity contribution >= 4 is 23.6 Å². The Bertz CT molecular complexity index is 1280. The van der Waals surface area contributed by atoms with Crippen LogP contribution < -0.4 is 14.8 Å². The van der Waals surface area contributed by atoms with E-state index in [1.807, 2.05) is 12.1 Å². The Labute approximate surface area is 212 Å². The number of cyclic esters (lactones) is 1. The molecule has 2 fully saturated rings. The van der Waals surface area contributed by atoms with Crippen LogP contribution in [0.15, 0.2) is 40.9 Å². The van der Waals surface area contributed by atoms with Crippen LogP contribution in [0, 0.1) is 6.92 Å². The van der Waals surface area contributed by atoms with E-state index in [0.29, 0.717) is 60.5 Å². The first kappa shape index (κ1) is 23.9. The van der Waals surface area contributed by atoms with E-state index in [1.54, 1.807) is 36.1 Å². The van der Waals surface area contributed by atoms with Crippen molar-refractivity contribution in [1.29, 1.82) is 0 Å². The number of carbonyl (C=O) groups is 2. The summed E-state index contributed by atoms with van der Waals surface area (Å²) in [6.45, 7) is 2.97. The number of hydrogen-bond acceptors (Lipinski definition) is 8. The van der Waals surface area contributed by atoms with Crippen LogP contribution in [0.3, 0.4) is 0 Å². The number of benzene rings is 1. The molecule has 11 heteroatoms. The molecule has 2 aliphatic heterocycles. The lowest BCUT2D eigenvalue weighted by atomic mass is 10.0. The standard InChI is InChI=1S/C25H25ClN4O6/c1-14-9-21(36-29-14)22-20(35-18-7-8-30-17(10-18)13-34-25(30)32)11-19(24(28-22)33-2)23(31)27-12-15-3-5-16(26)6-4-15/h3-6,9,11,17-18H,7-8,10,12-13H2,1-2H3,(H,27,31)/t17-,18-/m0/s1. The predicted molar refractivity (Wildman–Crippen MR) is 129 cm³/mol. The van der Waals surface area contributed by atoms with Crippen LogP contribution >= 0.6 is 11.6 Å². The van der Waals surface area contributed by atoms with E-state index < -0.39 is 0 Å². The predicted octanol–water partition coefficient (Wildman–Crippen LogP) is 4.00. The van der Waals surface area contributed by atoms with Crippen molar-refractivity contribution in [2.45, 2.75) is 38.5 Å². The molecule has 0 spiro atoms. The Morgan fingerprint density at radius 2 is 2.08 bits per heavy atom. The van der Waals surface area contributed by atoms with Gasteiger partial charge in [0.1, 0.15) is 24.0 Å². The molecule has 2 saturated heterocycles. The number of aromatic nitrogens is 2. The maximum atomic E-state index is 13.1. The van der Waals surface area contributed by atoms with Crippen molar-refractivity contribution in [1.82, 2.24) is 20.4 Å². The minimum absolute atomic E-state index is 0.0411. The normalized spacial score (nSPS) is 19.0.